The SMILES string of the molecule is Cc1cc(N2CCN(c3ccc(F)cc3)CC2)ncn1. The Balaban J connectivity index is 1.66. The molecule has 104 valence electrons. The van der Waals surface area contributed by atoms with E-state index < -0.39 is 0 Å². The van der Waals surface area contributed by atoms with Crippen LogP contribution in [0.2, 0.25) is 0 Å². The first-order valence-electron chi connectivity index (χ1n) is 6.76. The number of piperazine rings is 1. The molecule has 1 aromatic heterocycles. The van der Waals surface area contributed by atoms with Gasteiger partial charge in [-0.25, -0.2) is 14.4 Å². The lowest BCUT2D eigenvalue weighted by molar-refractivity contribution is 0.624. The Hall–Kier alpha value is -2.17. The van der Waals surface area contributed by atoms with E-state index in [9.17, 15) is 4.39 Å². The van der Waals surface area contributed by atoms with Gasteiger partial charge in [0.1, 0.15) is 18.0 Å². The van der Waals surface area contributed by atoms with E-state index >= 15 is 0 Å². The molecule has 20 heavy (non-hydrogen) atoms. The number of halogens is 1. The maximum absolute atomic E-state index is 12.9. The Morgan fingerprint density at radius 1 is 0.950 bits per heavy atom. The topological polar surface area (TPSA) is 32.3 Å². The molecule has 2 aromatic rings. The van der Waals surface area contributed by atoms with Gasteiger partial charge in [0.05, 0.1) is 0 Å². The second kappa shape index (κ2) is 5.45. The van der Waals surface area contributed by atoms with Gasteiger partial charge in [-0.3, -0.25) is 0 Å². The molecule has 0 saturated carbocycles. The van der Waals surface area contributed by atoms with E-state index in [0.717, 1.165) is 43.4 Å². The Kier molecular flexibility index (Phi) is 3.50. The van der Waals surface area contributed by atoms with Crippen molar-refractivity contribution in [3.8, 4) is 0 Å². The van der Waals surface area contributed by atoms with Gasteiger partial charge < -0.3 is 9.80 Å². The van der Waals surface area contributed by atoms with Crippen LogP contribution in [0.15, 0.2) is 36.7 Å². The fourth-order valence-electron chi connectivity index (χ4n) is 2.46. The van der Waals surface area contributed by atoms with Crippen LogP contribution >= 0.6 is 0 Å². The van der Waals surface area contributed by atoms with Crippen molar-refractivity contribution >= 4 is 11.5 Å². The van der Waals surface area contributed by atoms with Gasteiger partial charge in [0, 0.05) is 43.6 Å². The minimum absolute atomic E-state index is 0.191. The average molecular weight is 272 g/mol. The summed E-state index contributed by atoms with van der Waals surface area (Å²) >= 11 is 0. The van der Waals surface area contributed by atoms with Crippen molar-refractivity contribution in [3.05, 3.63) is 48.2 Å². The lowest BCUT2D eigenvalue weighted by Gasteiger charge is -2.36. The van der Waals surface area contributed by atoms with Gasteiger partial charge in [0.25, 0.3) is 0 Å². The standard InChI is InChI=1S/C15H17FN4/c1-12-10-15(18-11-17-12)20-8-6-19(7-9-20)14-4-2-13(16)3-5-14/h2-5,10-11H,6-9H2,1H3. The summed E-state index contributed by atoms with van der Waals surface area (Å²) in [5.74, 6) is 0.792. The summed E-state index contributed by atoms with van der Waals surface area (Å²) in [7, 11) is 0. The van der Waals surface area contributed by atoms with Crippen molar-refractivity contribution in [3.63, 3.8) is 0 Å². The molecule has 0 bridgehead atoms. The van der Waals surface area contributed by atoms with Crippen molar-refractivity contribution in [2.24, 2.45) is 0 Å². The van der Waals surface area contributed by atoms with Crippen molar-refractivity contribution in [2.75, 3.05) is 36.0 Å². The van der Waals surface area contributed by atoms with Gasteiger partial charge in [-0.1, -0.05) is 0 Å². The number of hydrogen-bond acceptors (Lipinski definition) is 4. The largest absolute Gasteiger partial charge is 0.368 e. The second-order valence-corrected chi connectivity index (χ2v) is 4.97. The Morgan fingerprint density at radius 2 is 1.60 bits per heavy atom. The molecule has 1 fully saturated rings. The summed E-state index contributed by atoms with van der Waals surface area (Å²) in [6.07, 6.45) is 1.61. The molecule has 0 amide bonds. The summed E-state index contributed by atoms with van der Waals surface area (Å²) in [5, 5.41) is 0. The molecule has 4 nitrogen and oxygen atoms in total. The van der Waals surface area contributed by atoms with Crippen molar-refractivity contribution in [1.29, 1.82) is 0 Å². The molecule has 0 radical (unpaired) electrons. The Labute approximate surface area is 117 Å². The van der Waals surface area contributed by atoms with E-state index in [1.54, 1.807) is 6.33 Å². The minimum Gasteiger partial charge on any atom is -0.368 e. The normalized spacial score (nSPS) is 15.5. The van der Waals surface area contributed by atoms with Gasteiger partial charge in [0.15, 0.2) is 0 Å². The molecule has 0 aliphatic carbocycles. The number of rotatable bonds is 2. The molecule has 0 unspecified atom stereocenters. The molecule has 0 N–H and O–H groups in total. The third-order valence-corrected chi connectivity index (χ3v) is 3.58. The lowest BCUT2D eigenvalue weighted by Crippen LogP contribution is -2.46. The van der Waals surface area contributed by atoms with Crippen LogP contribution in [0.5, 0.6) is 0 Å². The molecule has 0 spiro atoms. The first-order chi connectivity index (χ1) is 9.72. The number of aryl methyl sites for hydroxylation is 1. The fraction of sp³-hybridized carbons (Fsp3) is 0.333. The van der Waals surface area contributed by atoms with Crippen molar-refractivity contribution < 1.29 is 4.39 Å². The summed E-state index contributed by atoms with van der Waals surface area (Å²) in [6.45, 7) is 5.62. The van der Waals surface area contributed by atoms with Gasteiger partial charge in [0.2, 0.25) is 0 Å². The fourth-order valence-corrected chi connectivity index (χ4v) is 2.46. The zero-order chi connectivity index (χ0) is 13.9. The quantitative estimate of drug-likeness (QED) is 0.839. The molecule has 3 rings (SSSR count). The number of nitrogens with zero attached hydrogens (tertiary/aromatic N) is 4. The predicted octanol–water partition coefficient (Wildman–Crippen LogP) is 2.25. The van der Waals surface area contributed by atoms with Gasteiger partial charge in [-0.2, -0.15) is 0 Å². The molecule has 2 heterocycles. The number of aromatic nitrogens is 2. The van der Waals surface area contributed by atoms with Crippen LogP contribution in [0, 0.1) is 12.7 Å². The zero-order valence-corrected chi connectivity index (χ0v) is 11.5. The molecule has 1 aliphatic heterocycles. The van der Waals surface area contributed by atoms with Crippen LogP contribution in [0.25, 0.3) is 0 Å². The third-order valence-electron chi connectivity index (χ3n) is 3.58. The predicted molar refractivity (Wildman–Crippen MR) is 77.6 cm³/mol. The van der Waals surface area contributed by atoms with Gasteiger partial charge in [-0.05, 0) is 31.2 Å². The maximum Gasteiger partial charge on any atom is 0.132 e. The molecule has 0 atom stereocenters. The van der Waals surface area contributed by atoms with Crippen LogP contribution in [0.4, 0.5) is 15.9 Å². The van der Waals surface area contributed by atoms with Crippen LogP contribution < -0.4 is 9.80 Å². The zero-order valence-electron chi connectivity index (χ0n) is 11.5. The third kappa shape index (κ3) is 2.71. The van der Waals surface area contributed by atoms with E-state index in [1.165, 1.54) is 12.1 Å². The highest BCUT2D eigenvalue weighted by molar-refractivity contribution is 5.49. The molecule has 1 aromatic carbocycles. The summed E-state index contributed by atoms with van der Waals surface area (Å²) in [5.41, 5.74) is 2.06. The van der Waals surface area contributed by atoms with E-state index in [0.29, 0.717) is 0 Å². The smallest absolute Gasteiger partial charge is 0.132 e. The number of anilines is 2. The van der Waals surface area contributed by atoms with Crippen molar-refractivity contribution in [1.82, 2.24) is 9.97 Å². The van der Waals surface area contributed by atoms with E-state index in [-0.39, 0.29) is 5.82 Å². The van der Waals surface area contributed by atoms with Crippen LogP contribution in [-0.2, 0) is 0 Å². The molecule has 5 heteroatoms. The van der Waals surface area contributed by atoms with E-state index in [2.05, 4.69) is 19.8 Å². The maximum atomic E-state index is 12.9. The molecular formula is C15H17FN4. The van der Waals surface area contributed by atoms with Crippen LogP contribution in [0.3, 0.4) is 0 Å². The Morgan fingerprint density at radius 3 is 2.25 bits per heavy atom. The molecule has 1 aliphatic rings. The number of benzene rings is 1. The molecule has 1 saturated heterocycles. The van der Waals surface area contributed by atoms with Gasteiger partial charge in [-0.15, -0.1) is 0 Å². The first-order valence-corrected chi connectivity index (χ1v) is 6.76. The highest BCUT2D eigenvalue weighted by Gasteiger charge is 2.18. The summed E-state index contributed by atoms with van der Waals surface area (Å²) in [4.78, 5) is 13.0. The van der Waals surface area contributed by atoms with E-state index in [1.807, 2.05) is 25.1 Å². The summed E-state index contributed by atoms with van der Waals surface area (Å²) in [6, 6.07) is 8.69. The van der Waals surface area contributed by atoms with Crippen LogP contribution in [0.1, 0.15) is 5.69 Å². The highest BCUT2D eigenvalue weighted by Crippen LogP contribution is 2.19. The van der Waals surface area contributed by atoms with Crippen LogP contribution in [-0.4, -0.2) is 36.1 Å². The second-order valence-electron chi connectivity index (χ2n) is 4.97. The summed E-state index contributed by atoms with van der Waals surface area (Å²) < 4.78 is 12.9. The number of hydrogen-bond donors (Lipinski definition) is 0. The highest BCUT2D eigenvalue weighted by atomic mass is 19.1. The lowest BCUT2D eigenvalue weighted by atomic mass is 10.2. The minimum atomic E-state index is -0.191. The average Bonchev–Trinajstić information content (AvgIpc) is 2.48. The Bertz CT molecular complexity index is 577. The molecular weight excluding hydrogens is 255 g/mol. The van der Waals surface area contributed by atoms with E-state index in [4.69, 9.17) is 0 Å². The first kappa shape index (κ1) is 12.8. The van der Waals surface area contributed by atoms with Gasteiger partial charge >= 0.3 is 0 Å². The van der Waals surface area contributed by atoms with Crippen molar-refractivity contribution in [2.45, 2.75) is 6.92 Å². The monoisotopic (exact) mass is 272 g/mol.